The van der Waals surface area contributed by atoms with E-state index in [1.165, 1.54) is 6.33 Å². The molecule has 0 saturated carbocycles. The van der Waals surface area contributed by atoms with E-state index in [-0.39, 0.29) is 0 Å². The molecule has 7 heteroatoms. The Bertz CT molecular complexity index is 742. The van der Waals surface area contributed by atoms with Crippen molar-refractivity contribution < 1.29 is 4.42 Å². The molecule has 2 aromatic heterocycles. The Hall–Kier alpha value is -2.24. The maximum Gasteiger partial charge on any atom is 0.135 e. The second kappa shape index (κ2) is 6.68. The molecule has 2 N–H and O–H groups in total. The van der Waals surface area contributed by atoms with E-state index in [1.807, 2.05) is 12.1 Å². The monoisotopic (exact) mass is 334 g/mol. The summed E-state index contributed by atoms with van der Waals surface area (Å²) in [5.74, 6) is 2.15. The average Bonchev–Trinajstić information content (AvgIpc) is 2.98. The van der Waals surface area contributed by atoms with E-state index in [0.29, 0.717) is 28.2 Å². The Morgan fingerprint density at radius 1 is 1.00 bits per heavy atom. The van der Waals surface area contributed by atoms with Gasteiger partial charge in [0, 0.05) is 21.8 Å². The largest absolute Gasteiger partial charge is 0.467 e. The van der Waals surface area contributed by atoms with Crippen LogP contribution in [0.1, 0.15) is 5.76 Å². The highest BCUT2D eigenvalue weighted by Gasteiger charge is 2.03. The number of benzene rings is 1. The molecule has 0 bridgehead atoms. The van der Waals surface area contributed by atoms with Gasteiger partial charge in [-0.3, -0.25) is 0 Å². The van der Waals surface area contributed by atoms with E-state index in [2.05, 4.69) is 20.6 Å². The number of nitrogens with one attached hydrogen (secondary N) is 2. The van der Waals surface area contributed by atoms with Gasteiger partial charge in [-0.25, -0.2) is 9.97 Å². The Labute approximate surface area is 137 Å². The van der Waals surface area contributed by atoms with Crippen LogP contribution >= 0.6 is 23.2 Å². The Morgan fingerprint density at radius 2 is 1.77 bits per heavy atom. The van der Waals surface area contributed by atoms with Gasteiger partial charge < -0.3 is 15.1 Å². The van der Waals surface area contributed by atoms with Gasteiger partial charge in [0.2, 0.25) is 0 Å². The van der Waals surface area contributed by atoms with Gasteiger partial charge in [0.1, 0.15) is 23.7 Å². The van der Waals surface area contributed by atoms with Gasteiger partial charge in [-0.2, -0.15) is 0 Å². The minimum absolute atomic E-state index is 0.548. The number of nitrogens with zero attached hydrogens (tertiary/aromatic N) is 2. The van der Waals surface area contributed by atoms with Crippen molar-refractivity contribution >= 4 is 40.5 Å². The summed E-state index contributed by atoms with van der Waals surface area (Å²) in [5, 5.41) is 7.41. The highest BCUT2D eigenvalue weighted by Crippen LogP contribution is 2.25. The second-order valence-electron chi connectivity index (χ2n) is 4.50. The van der Waals surface area contributed by atoms with E-state index < -0.39 is 0 Å². The van der Waals surface area contributed by atoms with Crippen molar-refractivity contribution in [2.24, 2.45) is 0 Å². The molecule has 0 saturated heterocycles. The summed E-state index contributed by atoms with van der Waals surface area (Å²) in [5.41, 5.74) is 0.758. The molecular formula is C15H12Cl2N4O. The molecule has 22 heavy (non-hydrogen) atoms. The molecule has 1 aromatic carbocycles. The van der Waals surface area contributed by atoms with Gasteiger partial charge in [-0.05, 0) is 30.3 Å². The Kier molecular flexibility index (Phi) is 4.46. The molecule has 0 spiro atoms. The van der Waals surface area contributed by atoms with Crippen molar-refractivity contribution in [1.82, 2.24) is 9.97 Å². The number of hydrogen-bond donors (Lipinski definition) is 2. The van der Waals surface area contributed by atoms with Crippen LogP contribution in [0.3, 0.4) is 0 Å². The lowest BCUT2D eigenvalue weighted by Gasteiger charge is -2.08. The molecule has 5 nitrogen and oxygen atoms in total. The van der Waals surface area contributed by atoms with Gasteiger partial charge in [0.05, 0.1) is 12.8 Å². The van der Waals surface area contributed by atoms with Crippen molar-refractivity contribution in [1.29, 1.82) is 0 Å². The van der Waals surface area contributed by atoms with Gasteiger partial charge in [0.15, 0.2) is 0 Å². The minimum Gasteiger partial charge on any atom is -0.467 e. The fourth-order valence-corrected chi connectivity index (χ4v) is 2.41. The van der Waals surface area contributed by atoms with Crippen LogP contribution in [0.15, 0.2) is 53.4 Å². The lowest BCUT2D eigenvalue weighted by molar-refractivity contribution is 0.518. The first-order valence-corrected chi connectivity index (χ1v) is 7.26. The highest BCUT2D eigenvalue weighted by molar-refractivity contribution is 6.35. The van der Waals surface area contributed by atoms with Crippen LogP contribution in [0.5, 0.6) is 0 Å². The van der Waals surface area contributed by atoms with Crippen LogP contribution < -0.4 is 10.6 Å². The molecule has 0 aliphatic carbocycles. The molecule has 2 heterocycles. The van der Waals surface area contributed by atoms with Crippen LogP contribution in [0.2, 0.25) is 10.0 Å². The first kappa shape index (κ1) is 14.7. The molecule has 3 rings (SSSR count). The molecule has 0 aliphatic rings. The highest BCUT2D eigenvalue weighted by atomic mass is 35.5. The van der Waals surface area contributed by atoms with E-state index in [0.717, 1.165) is 11.4 Å². The predicted molar refractivity (Wildman–Crippen MR) is 87.8 cm³/mol. The van der Waals surface area contributed by atoms with E-state index in [9.17, 15) is 0 Å². The number of furan rings is 1. The van der Waals surface area contributed by atoms with Gasteiger partial charge >= 0.3 is 0 Å². The third-order valence-electron chi connectivity index (χ3n) is 2.83. The lowest BCUT2D eigenvalue weighted by Crippen LogP contribution is -2.02. The molecule has 0 amide bonds. The maximum absolute atomic E-state index is 5.97. The molecule has 0 fully saturated rings. The molecule has 3 aromatic rings. The number of anilines is 3. The molecule has 0 unspecified atom stereocenters. The predicted octanol–water partition coefficient (Wildman–Crippen LogP) is 4.73. The zero-order chi connectivity index (χ0) is 15.4. The summed E-state index contributed by atoms with van der Waals surface area (Å²) in [7, 11) is 0. The van der Waals surface area contributed by atoms with Crippen molar-refractivity contribution in [2.45, 2.75) is 6.54 Å². The lowest BCUT2D eigenvalue weighted by atomic mass is 10.3. The van der Waals surface area contributed by atoms with Crippen LogP contribution in [0.25, 0.3) is 0 Å². The summed E-state index contributed by atoms with van der Waals surface area (Å²) in [4.78, 5) is 8.33. The van der Waals surface area contributed by atoms with E-state index in [1.54, 1.807) is 30.5 Å². The van der Waals surface area contributed by atoms with E-state index in [4.69, 9.17) is 27.6 Å². The Morgan fingerprint density at radius 3 is 2.50 bits per heavy atom. The fraction of sp³-hybridized carbons (Fsp3) is 0.0667. The SMILES string of the molecule is Clc1cc(Cl)cc(Nc2cc(NCc3ccco3)ncn2)c1. The fourth-order valence-electron chi connectivity index (χ4n) is 1.89. The maximum atomic E-state index is 5.97. The van der Waals surface area contributed by atoms with Crippen LogP contribution in [-0.4, -0.2) is 9.97 Å². The number of hydrogen-bond acceptors (Lipinski definition) is 5. The van der Waals surface area contributed by atoms with Gasteiger partial charge in [-0.1, -0.05) is 23.2 Å². The van der Waals surface area contributed by atoms with Crippen LogP contribution in [-0.2, 0) is 6.54 Å². The summed E-state index contributed by atoms with van der Waals surface area (Å²) in [6.07, 6.45) is 3.10. The Balaban J connectivity index is 1.70. The topological polar surface area (TPSA) is 63.0 Å². The van der Waals surface area contributed by atoms with Crippen molar-refractivity contribution in [3.63, 3.8) is 0 Å². The smallest absolute Gasteiger partial charge is 0.135 e. The van der Waals surface area contributed by atoms with Gasteiger partial charge in [0.25, 0.3) is 0 Å². The van der Waals surface area contributed by atoms with Crippen molar-refractivity contribution in [3.05, 3.63) is 64.8 Å². The van der Waals surface area contributed by atoms with Crippen LogP contribution in [0, 0.1) is 0 Å². The zero-order valence-corrected chi connectivity index (χ0v) is 12.9. The standard InChI is InChI=1S/C15H12Cl2N4O/c16-10-4-11(17)6-12(5-10)21-15-7-14(19-9-20-15)18-8-13-2-1-3-22-13/h1-7,9H,8H2,(H2,18,19,20,21). The molecule has 0 aliphatic heterocycles. The summed E-state index contributed by atoms with van der Waals surface area (Å²) < 4.78 is 5.26. The minimum atomic E-state index is 0.548. The van der Waals surface area contributed by atoms with Gasteiger partial charge in [-0.15, -0.1) is 0 Å². The third kappa shape index (κ3) is 3.90. The second-order valence-corrected chi connectivity index (χ2v) is 5.38. The third-order valence-corrected chi connectivity index (χ3v) is 3.26. The van der Waals surface area contributed by atoms with E-state index >= 15 is 0 Å². The zero-order valence-electron chi connectivity index (χ0n) is 11.4. The summed E-state index contributed by atoms with van der Waals surface area (Å²) in [6.45, 7) is 0.548. The molecular weight excluding hydrogens is 323 g/mol. The quantitative estimate of drug-likeness (QED) is 0.706. The van der Waals surface area contributed by atoms with Crippen molar-refractivity contribution in [3.8, 4) is 0 Å². The normalized spacial score (nSPS) is 10.5. The molecule has 112 valence electrons. The molecule has 0 radical (unpaired) electrons. The number of halogens is 2. The summed E-state index contributed by atoms with van der Waals surface area (Å²) in [6, 6.07) is 10.7. The van der Waals surface area contributed by atoms with Crippen molar-refractivity contribution in [2.75, 3.05) is 10.6 Å². The number of rotatable bonds is 5. The first-order valence-electron chi connectivity index (χ1n) is 6.50. The summed E-state index contributed by atoms with van der Waals surface area (Å²) >= 11 is 11.9. The average molecular weight is 335 g/mol. The number of aromatic nitrogens is 2. The molecule has 0 atom stereocenters. The first-order chi connectivity index (χ1) is 10.7. The van der Waals surface area contributed by atoms with Crippen LogP contribution in [0.4, 0.5) is 17.3 Å².